The fraction of sp³-hybridized carbons (Fsp3) is 0.259. The summed E-state index contributed by atoms with van der Waals surface area (Å²) in [5, 5.41) is 9.49. The Kier molecular flexibility index (Phi) is 5.90. The van der Waals surface area contributed by atoms with Gasteiger partial charge in [-0.05, 0) is 60.2 Å². The lowest BCUT2D eigenvalue weighted by atomic mass is 9.98. The van der Waals surface area contributed by atoms with Crippen LogP contribution in [0.25, 0.3) is 22.2 Å². The minimum Gasteiger partial charge on any atom is -0.478 e. The number of carbonyl (C=O) groups is 1. The Morgan fingerprint density at radius 2 is 1.74 bits per heavy atom. The Hall–Kier alpha value is -3.40. The van der Waals surface area contributed by atoms with Crippen molar-refractivity contribution in [3.05, 3.63) is 88.7 Å². The van der Waals surface area contributed by atoms with Crippen LogP contribution in [0.2, 0.25) is 0 Å². The van der Waals surface area contributed by atoms with Crippen molar-refractivity contribution < 1.29 is 9.90 Å². The lowest BCUT2D eigenvalue weighted by molar-refractivity contribution is 0.0697. The molecule has 4 aromatic rings. The molecule has 4 rings (SSSR count). The predicted octanol–water partition coefficient (Wildman–Crippen LogP) is 6.41. The second-order valence-corrected chi connectivity index (χ2v) is 8.14. The molecule has 1 N–H and O–H groups in total. The first-order valence-electron chi connectivity index (χ1n) is 10.9. The van der Waals surface area contributed by atoms with E-state index in [9.17, 15) is 9.90 Å². The van der Waals surface area contributed by atoms with E-state index in [1.807, 2.05) is 24.3 Å². The molecule has 0 aliphatic rings. The smallest absolute Gasteiger partial charge is 0.336 e. The summed E-state index contributed by atoms with van der Waals surface area (Å²) in [4.78, 5) is 16.6. The topological polar surface area (TPSA) is 55.1 Å². The number of aryl methyl sites for hydroxylation is 3. The predicted molar refractivity (Wildman–Crippen MR) is 126 cm³/mol. The number of carboxylic acids is 1. The van der Waals surface area contributed by atoms with Gasteiger partial charge in [-0.1, -0.05) is 61.9 Å². The quantitative estimate of drug-likeness (QED) is 0.382. The van der Waals surface area contributed by atoms with Gasteiger partial charge in [-0.2, -0.15) is 0 Å². The zero-order chi connectivity index (χ0) is 22.0. The molecule has 0 radical (unpaired) electrons. The molecule has 3 aromatic carbocycles. The summed E-state index contributed by atoms with van der Waals surface area (Å²) in [5.41, 5.74) is 7.93. The number of aromatic nitrogens is 2. The van der Waals surface area contributed by atoms with E-state index in [0.29, 0.717) is 5.56 Å². The van der Waals surface area contributed by atoms with Gasteiger partial charge in [0.05, 0.1) is 16.6 Å². The second-order valence-electron chi connectivity index (χ2n) is 8.14. The minimum absolute atomic E-state index is 0.323. The SMILES string of the molecule is CCCCc1nc2c(C)c(C)ccc2n1Cc1ccc(-c2ccccc2C(=O)O)cc1. The summed E-state index contributed by atoms with van der Waals surface area (Å²) in [7, 11) is 0. The first kappa shape index (κ1) is 20.9. The van der Waals surface area contributed by atoms with Crippen molar-refractivity contribution in [1.82, 2.24) is 9.55 Å². The highest BCUT2D eigenvalue weighted by atomic mass is 16.4. The zero-order valence-electron chi connectivity index (χ0n) is 18.4. The summed E-state index contributed by atoms with van der Waals surface area (Å²) >= 11 is 0. The molecule has 1 heterocycles. The van der Waals surface area contributed by atoms with E-state index in [4.69, 9.17) is 4.98 Å². The Morgan fingerprint density at radius 3 is 2.45 bits per heavy atom. The first-order valence-corrected chi connectivity index (χ1v) is 10.9. The molecule has 0 aliphatic carbocycles. The monoisotopic (exact) mass is 412 g/mol. The molecular formula is C27H28N2O2. The standard InChI is InChI=1S/C27H28N2O2/c1-4-5-10-25-28-26-19(3)18(2)11-16-24(26)29(25)17-20-12-14-21(15-13-20)22-8-6-7-9-23(22)27(30)31/h6-9,11-16H,4-5,10,17H2,1-3H3,(H,30,31). The van der Waals surface area contributed by atoms with Crippen LogP contribution in [0.4, 0.5) is 0 Å². The molecular weight excluding hydrogens is 384 g/mol. The van der Waals surface area contributed by atoms with Gasteiger partial charge in [0.25, 0.3) is 0 Å². The molecule has 0 saturated carbocycles. The molecule has 0 atom stereocenters. The van der Waals surface area contributed by atoms with Gasteiger partial charge in [0, 0.05) is 13.0 Å². The molecule has 4 heteroatoms. The lowest BCUT2D eigenvalue weighted by Gasteiger charge is -2.11. The first-order chi connectivity index (χ1) is 15.0. The maximum absolute atomic E-state index is 11.6. The molecule has 31 heavy (non-hydrogen) atoms. The number of rotatable bonds is 7. The highest BCUT2D eigenvalue weighted by Gasteiger charge is 2.14. The third-order valence-corrected chi connectivity index (χ3v) is 6.04. The van der Waals surface area contributed by atoms with Crippen molar-refractivity contribution in [2.24, 2.45) is 0 Å². The summed E-state index contributed by atoms with van der Waals surface area (Å²) in [6.45, 7) is 7.23. The summed E-state index contributed by atoms with van der Waals surface area (Å²) in [5.74, 6) is 0.224. The molecule has 0 aliphatic heterocycles. The molecule has 0 bridgehead atoms. The van der Waals surface area contributed by atoms with Crippen LogP contribution in [0.15, 0.2) is 60.7 Å². The number of unbranched alkanes of at least 4 members (excludes halogenated alkanes) is 1. The van der Waals surface area contributed by atoms with Gasteiger partial charge in [-0.15, -0.1) is 0 Å². The number of hydrogen-bond donors (Lipinski definition) is 1. The molecule has 0 spiro atoms. The van der Waals surface area contributed by atoms with Gasteiger partial charge in [-0.3, -0.25) is 0 Å². The fourth-order valence-electron chi connectivity index (χ4n) is 4.07. The Balaban J connectivity index is 1.70. The van der Waals surface area contributed by atoms with E-state index in [2.05, 4.69) is 49.6 Å². The van der Waals surface area contributed by atoms with Crippen molar-refractivity contribution in [2.45, 2.75) is 46.6 Å². The van der Waals surface area contributed by atoms with Crippen molar-refractivity contribution in [3.63, 3.8) is 0 Å². The minimum atomic E-state index is -0.907. The fourth-order valence-corrected chi connectivity index (χ4v) is 4.07. The normalized spacial score (nSPS) is 11.2. The summed E-state index contributed by atoms with van der Waals surface area (Å²) < 4.78 is 2.33. The Labute approximate surface area is 183 Å². The van der Waals surface area contributed by atoms with Crippen LogP contribution in [0.3, 0.4) is 0 Å². The van der Waals surface area contributed by atoms with Gasteiger partial charge in [0.2, 0.25) is 0 Å². The van der Waals surface area contributed by atoms with Crippen molar-refractivity contribution in [1.29, 1.82) is 0 Å². The maximum atomic E-state index is 11.6. The van der Waals surface area contributed by atoms with Gasteiger partial charge < -0.3 is 9.67 Å². The van der Waals surface area contributed by atoms with E-state index < -0.39 is 5.97 Å². The van der Waals surface area contributed by atoms with Crippen molar-refractivity contribution >= 4 is 17.0 Å². The highest BCUT2D eigenvalue weighted by Crippen LogP contribution is 2.27. The van der Waals surface area contributed by atoms with E-state index in [1.54, 1.807) is 12.1 Å². The molecule has 1 aromatic heterocycles. The molecule has 158 valence electrons. The molecule has 4 nitrogen and oxygen atoms in total. The van der Waals surface area contributed by atoms with Crippen molar-refractivity contribution in [2.75, 3.05) is 0 Å². The third-order valence-electron chi connectivity index (χ3n) is 6.04. The highest BCUT2D eigenvalue weighted by molar-refractivity contribution is 5.96. The molecule has 0 saturated heterocycles. The second kappa shape index (κ2) is 8.76. The average Bonchev–Trinajstić information content (AvgIpc) is 3.13. The summed E-state index contributed by atoms with van der Waals surface area (Å²) in [6, 6.07) is 19.7. The average molecular weight is 413 g/mol. The van der Waals surface area contributed by atoms with Gasteiger partial charge in [0.15, 0.2) is 0 Å². The number of carboxylic acid groups (broad SMARTS) is 1. The van der Waals surface area contributed by atoms with E-state index >= 15 is 0 Å². The van der Waals surface area contributed by atoms with E-state index in [1.165, 1.54) is 22.2 Å². The lowest BCUT2D eigenvalue weighted by Crippen LogP contribution is -2.05. The number of benzene rings is 3. The van der Waals surface area contributed by atoms with Crippen LogP contribution in [0, 0.1) is 13.8 Å². The van der Waals surface area contributed by atoms with Gasteiger partial charge in [-0.25, -0.2) is 9.78 Å². The van der Waals surface area contributed by atoms with Crippen LogP contribution in [0.5, 0.6) is 0 Å². The van der Waals surface area contributed by atoms with E-state index in [-0.39, 0.29) is 0 Å². The molecule has 0 fully saturated rings. The number of imidazole rings is 1. The number of nitrogens with zero attached hydrogens (tertiary/aromatic N) is 2. The van der Waals surface area contributed by atoms with Gasteiger partial charge >= 0.3 is 5.97 Å². The van der Waals surface area contributed by atoms with Crippen LogP contribution in [0.1, 0.15) is 52.6 Å². The third kappa shape index (κ3) is 4.11. The molecule has 0 unspecified atom stereocenters. The molecule has 0 amide bonds. The number of hydrogen-bond acceptors (Lipinski definition) is 2. The van der Waals surface area contributed by atoms with Crippen LogP contribution >= 0.6 is 0 Å². The van der Waals surface area contributed by atoms with Crippen LogP contribution in [-0.2, 0) is 13.0 Å². The van der Waals surface area contributed by atoms with Crippen LogP contribution < -0.4 is 0 Å². The Bertz CT molecular complexity index is 1240. The zero-order valence-corrected chi connectivity index (χ0v) is 18.4. The number of fused-ring (bicyclic) bond motifs is 1. The summed E-state index contributed by atoms with van der Waals surface area (Å²) in [6.07, 6.45) is 3.22. The maximum Gasteiger partial charge on any atom is 0.336 e. The van der Waals surface area contributed by atoms with Gasteiger partial charge in [0.1, 0.15) is 5.82 Å². The Morgan fingerprint density at radius 1 is 1.00 bits per heavy atom. The van der Waals surface area contributed by atoms with Crippen LogP contribution in [-0.4, -0.2) is 20.6 Å². The van der Waals surface area contributed by atoms with Crippen molar-refractivity contribution in [3.8, 4) is 11.1 Å². The largest absolute Gasteiger partial charge is 0.478 e. The van der Waals surface area contributed by atoms with E-state index in [0.717, 1.165) is 48.3 Å². The number of aromatic carboxylic acids is 1.